The van der Waals surface area contributed by atoms with Crippen LogP contribution in [0.25, 0.3) is 0 Å². The summed E-state index contributed by atoms with van der Waals surface area (Å²) in [4.78, 5) is 11.8. The highest BCUT2D eigenvalue weighted by Crippen LogP contribution is 2.24. The van der Waals surface area contributed by atoms with E-state index in [0.717, 1.165) is 0 Å². The molecule has 0 amide bonds. The van der Waals surface area contributed by atoms with Crippen LogP contribution >= 0.6 is 11.6 Å². The van der Waals surface area contributed by atoms with Crippen LogP contribution in [0.4, 0.5) is 0 Å². The third-order valence-electron chi connectivity index (χ3n) is 1.95. The molecular formula is C11H7ClO3. The van der Waals surface area contributed by atoms with Crippen molar-refractivity contribution in [3.8, 4) is 5.75 Å². The predicted molar refractivity (Wildman–Crippen MR) is 55.3 cm³/mol. The lowest BCUT2D eigenvalue weighted by Crippen LogP contribution is -1.99. The topological polar surface area (TPSA) is 50.4 Å². The number of rotatable bonds is 2. The van der Waals surface area contributed by atoms with Crippen LogP contribution in [0, 0.1) is 0 Å². The quantitative estimate of drug-likeness (QED) is 0.795. The first-order chi connectivity index (χ1) is 7.18. The van der Waals surface area contributed by atoms with Crippen LogP contribution in [0.3, 0.4) is 0 Å². The maximum Gasteiger partial charge on any atom is 0.231 e. The number of aromatic hydroxyl groups is 1. The van der Waals surface area contributed by atoms with Gasteiger partial charge in [-0.1, -0.05) is 11.6 Å². The molecule has 15 heavy (non-hydrogen) atoms. The number of hydrogen-bond acceptors (Lipinski definition) is 3. The smallest absolute Gasteiger partial charge is 0.231 e. The second-order valence-corrected chi connectivity index (χ2v) is 3.40. The summed E-state index contributed by atoms with van der Waals surface area (Å²) in [6, 6.07) is 7.42. The molecule has 2 aromatic rings. The van der Waals surface area contributed by atoms with Crippen LogP contribution in [-0.2, 0) is 0 Å². The van der Waals surface area contributed by atoms with Crippen LogP contribution in [0.15, 0.2) is 41.0 Å². The average molecular weight is 223 g/mol. The lowest BCUT2D eigenvalue weighted by molar-refractivity contribution is 0.101. The summed E-state index contributed by atoms with van der Waals surface area (Å²) in [7, 11) is 0. The molecule has 3 nitrogen and oxygen atoms in total. The first-order valence-electron chi connectivity index (χ1n) is 4.25. The monoisotopic (exact) mass is 222 g/mol. The Morgan fingerprint density at radius 2 is 2.13 bits per heavy atom. The van der Waals surface area contributed by atoms with Gasteiger partial charge < -0.3 is 9.52 Å². The van der Waals surface area contributed by atoms with Gasteiger partial charge in [0.25, 0.3) is 0 Å². The molecule has 1 N–H and O–H groups in total. The molecule has 0 aliphatic rings. The number of benzene rings is 1. The van der Waals surface area contributed by atoms with E-state index in [0.29, 0.717) is 5.02 Å². The fourth-order valence-electron chi connectivity index (χ4n) is 1.23. The van der Waals surface area contributed by atoms with E-state index in [-0.39, 0.29) is 22.9 Å². The van der Waals surface area contributed by atoms with Gasteiger partial charge in [-0.25, -0.2) is 0 Å². The van der Waals surface area contributed by atoms with Gasteiger partial charge in [-0.2, -0.15) is 0 Å². The summed E-state index contributed by atoms with van der Waals surface area (Å²) >= 11 is 5.73. The van der Waals surface area contributed by atoms with Crippen molar-refractivity contribution < 1.29 is 14.3 Å². The Kier molecular flexibility index (Phi) is 2.47. The van der Waals surface area contributed by atoms with Gasteiger partial charge >= 0.3 is 0 Å². The minimum absolute atomic E-state index is 0.110. The van der Waals surface area contributed by atoms with E-state index in [1.807, 2.05) is 0 Å². The molecule has 4 heteroatoms. The van der Waals surface area contributed by atoms with E-state index in [4.69, 9.17) is 16.0 Å². The summed E-state index contributed by atoms with van der Waals surface area (Å²) < 4.78 is 4.94. The molecule has 1 heterocycles. The standard InChI is InChI=1S/C11H7ClO3/c12-7-3-4-9(13)8(6-7)11(14)10-2-1-5-15-10/h1-6,13H. The minimum atomic E-state index is -0.389. The summed E-state index contributed by atoms with van der Waals surface area (Å²) in [6.45, 7) is 0. The van der Waals surface area contributed by atoms with Crippen molar-refractivity contribution in [3.05, 3.63) is 52.9 Å². The highest BCUT2D eigenvalue weighted by Gasteiger charge is 2.16. The third-order valence-corrected chi connectivity index (χ3v) is 2.18. The number of carbonyl (C=O) groups is 1. The summed E-state index contributed by atoms with van der Waals surface area (Å²) in [6.07, 6.45) is 1.40. The normalized spacial score (nSPS) is 10.2. The van der Waals surface area contributed by atoms with E-state index in [1.54, 1.807) is 6.07 Å². The van der Waals surface area contributed by atoms with Crippen molar-refractivity contribution in [1.82, 2.24) is 0 Å². The molecule has 76 valence electrons. The fraction of sp³-hybridized carbons (Fsp3) is 0. The second kappa shape index (κ2) is 3.79. The van der Waals surface area contributed by atoms with Crippen molar-refractivity contribution in [2.75, 3.05) is 0 Å². The van der Waals surface area contributed by atoms with Crippen molar-refractivity contribution in [2.45, 2.75) is 0 Å². The van der Waals surface area contributed by atoms with Crippen LogP contribution in [0.1, 0.15) is 16.1 Å². The molecule has 0 aliphatic heterocycles. The lowest BCUT2D eigenvalue weighted by atomic mass is 10.1. The molecule has 1 aromatic heterocycles. The Morgan fingerprint density at radius 1 is 1.33 bits per heavy atom. The molecule has 0 saturated heterocycles. The maximum absolute atomic E-state index is 11.8. The zero-order chi connectivity index (χ0) is 10.8. The van der Waals surface area contributed by atoms with Crippen molar-refractivity contribution in [1.29, 1.82) is 0 Å². The predicted octanol–water partition coefficient (Wildman–Crippen LogP) is 2.87. The summed E-state index contributed by atoms with van der Waals surface area (Å²) in [5.41, 5.74) is 0.137. The molecule has 0 unspecified atom stereocenters. The van der Waals surface area contributed by atoms with Gasteiger partial charge in [0.15, 0.2) is 5.76 Å². The number of ketones is 1. The van der Waals surface area contributed by atoms with Gasteiger partial charge in [0, 0.05) is 5.02 Å². The number of phenols is 1. The number of carbonyl (C=O) groups excluding carboxylic acids is 1. The second-order valence-electron chi connectivity index (χ2n) is 2.97. The Balaban J connectivity index is 2.46. The molecular weight excluding hydrogens is 216 g/mol. The van der Waals surface area contributed by atoms with Crippen molar-refractivity contribution >= 4 is 17.4 Å². The molecule has 0 atom stereocenters. The fourth-order valence-corrected chi connectivity index (χ4v) is 1.40. The SMILES string of the molecule is O=C(c1ccco1)c1cc(Cl)ccc1O. The van der Waals surface area contributed by atoms with Gasteiger partial charge in [0.05, 0.1) is 11.8 Å². The van der Waals surface area contributed by atoms with Gasteiger partial charge in [-0.15, -0.1) is 0 Å². The third kappa shape index (κ3) is 1.87. The molecule has 2 rings (SSSR count). The van der Waals surface area contributed by atoms with Gasteiger partial charge in [0.2, 0.25) is 5.78 Å². The molecule has 0 fully saturated rings. The van der Waals surface area contributed by atoms with Crippen LogP contribution < -0.4 is 0 Å². The molecule has 0 bridgehead atoms. The van der Waals surface area contributed by atoms with Gasteiger partial charge in [0.1, 0.15) is 5.75 Å². The lowest BCUT2D eigenvalue weighted by Gasteiger charge is -2.01. The van der Waals surface area contributed by atoms with Crippen LogP contribution in [0.5, 0.6) is 5.75 Å². The maximum atomic E-state index is 11.8. The first-order valence-corrected chi connectivity index (χ1v) is 4.63. The van der Waals surface area contributed by atoms with E-state index >= 15 is 0 Å². The molecule has 1 aromatic carbocycles. The zero-order valence-electron chi connectivity index (χ0n) is 7.61. The average Bonchev–Trinajstić information content (AvgIpc) is 2.74. The van der Waals surface area contributed by atoms with E-state index in [1.165, 1.54) is 30.5 Å². The number of phenolic OH excluding ortho intramolecular Hbond substituents is 1. The molecule has 0 saturated carbocycles. The van der Waals surface area contributed by atoms with E-state index < -0.39 is 0 Å². The van der Waals surface area contributed by atoms with Gasteiger partial charge in [-0.3, -0.25) is 4.79 Å². The minimum Gasteiger partial charge on any atom is -0.507 e. The number of halogens is 1. The molecule has 0 spiro atoms. The Bertz CT molecular complexity index is 489. The number of hydrogen-bond donors (Lipinski definition) is 1. The van der Waals surface area contributed by atoms with Crippen molar-refractivity contribution in [2.24, 2.45) is 0 Å². The first kappa shape index (κ1) is 9.80. The highest BCUT2D eigenvalue weighted by molar-refractivity contribution is 6.31. The Morgan fingerprint density at radius 3 is 2.80 bits per heavy atom. The van der Waals surface area contributed by atoms with Crippen LogP contribution in [0.2, 0.25) is 5.02 Å². The van der Waals surface area contributed by atoms with Gasteiger partial charge in [-0.05, 0) is 30.3 Å². The zero-order valence-corrected chi connectivity index (χ0v) is 8.36. The summed E-state index contributed by atoms with van der Waals surface area (Å²) in [5, 5.41) is 9.87. The molecule has 0 radical (unpaired) electrons. The molecule has 0 aliphatic carbocycles. The van der Waals surface area contributed by atoms with E-state index in [9.17, 15) is 9.90 Å². The van der Waals surface area contributed by atoms with E-state index in [2.05, 4.69) is 0 Å². The highest BCUT2D eigenvalue weighted by atomic mass is 35.5. The largest absolute Gasteiger partial charge is 0.507 e. The van der Waals surface area contributed by atoms with Crippen molar-refractivity contribution in [3.63, 3.8) is 0 Å². The Hall–Kier alpha value is -1.74. The number of furan rings is 1. The van der Waals surface area contributed by atoms with Crippen LogP contribution in [-0.4, -0.2) is 10.9 Å². The Labute approximate surface area is 90.9 Å². The summed E-state index contributed by atoms with van der Waals surface area (Å²) in [5.74, 6) is -0.326.